The van der Waals surface area contributed by atoms with Gasteiger partial charge in [0.15, 0.2) is 0 Å². The van der Waals surface area contributed by atoms with Crippen molar-refractivity contribution in [2.45, 2.75) is 26.2 Å². The number of pyridine rings is 1. The predicted octanol–water partition coefficient (Wildman–Crippen LogP) is 7.50. The van der Waals surface area contributed by atoms with Crippen molar-refractivity contribution in [3.05, 3.63) is 133 Å². The average Bonchev–Trinajstić information content (AvgIpc) is 3.48. The second-order valence-electron chi connectivity index (χ2n) is 12.9. The molecule has 2 aliphatic rings. The van der Waals surface area contributed by atoms with E-state index in [1.807, 2.05) is 91.0 Å². The minimum absolute atomic E-state index is 0. The van der Waals surface area contributed by atoms with Gasteiger partial charge in [-0.15, -0.1) is 52.9 Å². The molecule has 7 aromatic rings. The minimum atomic E-state index is -0.249. The van der Waals surface area contributed by atoms with E-state index < -0.39 is 0 Å². The number of imidazole rings is 1. The normalized spacial score (nSPS) is 12.6. The summed E-state index contributed by atoms with van der Waals surface area (Å²) >= 11 is 0. The summed E-state index contributed by atoms with van der Waals surface area (Å²) < 4.78 is 21.4. The zero-order valence-corrected chi connectivity index (χ0v) is 28.7. The molecular formula is C40H28BN3O3Pt. The molecule has 0 bridgehead atoms. The molecule has 0 fully saturated rings. The van der Waals surface area contributed by atoms with Crippen LogP contribution in [0.3, 0.4) is 0 Å². The van der Waals surface area contributed by atoms with Crippen LogP contribution in [0.1, 0.15) is 26.3 Å². The van der Waals surface area contributed by atoms with Gasteiger partial charge in [0, 0.05) is 40.7 Å². The quantitative estimate of drug-likeness (QED) is 0.136. The largest absolute Gasteiger partial charge is 2.00 e. The van der Waals surface area contributed by atoms with E-state index in [0.29, 0.717) is 17.4 Å². The van der Waals surface area contributed by atoms with Crippen LogP contribution in [0.15, 0.2) is 115 Å². The van der Waals surface area contributed by atoms with Crippen molar-refractivity contribution in [2.75, 3.05) is 0 Å². The first-order chi connectivity index (χ1) is 22.9. The van der Waals surface area contributed by atoms with Gasteiger partial charge in [0.05, 0.1) is 16.9 Å². The van der Waals surface area contributed by atoms with Crippen molar-refractivity contribution in [3.63, 3.8) is 0 Å². The van der Waals surface area contributed by atoms with Crippen molar-refractivity contribution >= 4 is 34.1 Å². The third-order valence-corrected chi connectivity index (χ3v) is 8.81. The molecule has 0 spiro atoms. The van der Waals surface area contributed by atoms with Gasteiger partial charge in [0.1, 0.15) is 11.5 Å². The summed E-state index contributed by atoms with van der Waals surface area (Å²) in [6.45, 7) is 6.27. The van der Waals surface area contributed by atoms with Crippen LogP contribution < -0.4 is 30.6 Å². The summed E-state index contributed by atoms with van der Waals surface area (Å²) in [6, 6.07) is 43.6. The Kier molecular flexibility index (Phi) is 7.26. The Morgan fingerprint density at radius 3 is 2.21 bits per heavy atom. The summed E-state index contributed by atoms with van der Waals surface area (Å²) in [7, 11) is 0. The smallest absolute Gasteiger partial charge is 0.518 e. The van der Waals surface area contributed by atoms with Crippen molar-refractivity contribution < 1.29 is 35.3 Å². The van der Waals surface area contributed by atoms with Gasteiger partial charge < -0.3 is 18.8 Å². The third kappa shape index (κ3) is 5.01. The van der Waals surface area contributed by atoms with Crippen LogP contribution >= 0.6 is 0 Å². The van der Waals surface area contributed by atoms with Gasteiger partial charge in [-0.3, -0.25) is 4.98 Å². The monoisotopic (exact) mass is 804 g/mol. The van der Waals surface area contributed by atoms with Crippen LogP contribution in [0.2, 0.25) is 0 Å². The molecule has 6 nitrogen and oxygen atoms in total. The molecule has 0 saturated heterocycles. The van der Waals surface area contributed by atoms with Crippen molar-refractivity contribution in [3.8, 4) is 51.7 Å². The fourth-order valence-electron chi connectivity index (χ4n) is 6.52. The fourth-order valence-corrected chi connectivity index (χ4v) is 6.52. The first-order valence-electron chi connectivity index (χ1n) is 15.7. The molecule has 0 saturated carbocycles. The molecular weight excluding hydrogens is 776 g/mol. The Morgan fingerprint density at radius 2 is 1.44 bits per heavy atom. The number of benzene rings is 5. The maximum absolute atomic E-state index is 6.48. The molecule has 234 valence electrons. The van der Waals surface area contributed by atoms with E-state index in [1.54, 1.807) is 6.20 Å². The zero-order valence-electron chi connectivity index (χ0n) is 26.4. The molecule has 0 N–H and O–H groups in total. The number of fused-ring (bicyclic) bond motifs is 5. The summed E-state index contributed by atoms with van der Waals surface area (Å²) in [6.07, 6.45) is 1.79. The third-order valence-electron chi connectivity index (χ3n) is 8.81. The molecule has 4 heterocycles. The number of nitrogens with zero attached hydrogens (tertiary/aromatic N) is 3. The number of rotatable bonds is 4. The molecule has 2 aromatic heterocycles. The fraction of sp³-hybridized carbons (Fsp3) is 0.100. The van der Waals surface area contributed by atoms with E-state index in [0.717, 1.165) is 67.3 Å². The maximum atomic E-state index is 6.48. The van der Waals surface area contributed by atoms with Gasteiger partial charge in [0.2, 0.25) is 12.6 Å². The molecule has 9 rings (SSSR count). The molecule has 0 aliphatic carbocycles. The molecule has 8 heteroatoms. The van der Waals surface area contributed by atoms with Gasteiger partial charge in [-0.05, 0) is 53.4 Å². The number of aromatic nitrogens is 3. The van der Waals surface area contributed by atoms with E-state index in [1.165, 1.54) is 0 Å². The number of para-hydroxylation sites is 3. The van der Waals surface area contributed by atoms with Crippen molar-refractivity contribution in [1.82, 2.24) is 14.5 Å². The first-order valence-corrected chi connectivity index (χ1v) is 15.7. The molecule has 0 unspecified atom stereocenters. The average molecular weight is 805 g/mol. The summed E-state index contributed by atoms with van der Waals surface area (Å²) in [5.74, 6) is 4.83. The standard InChI is InChI=1S/C40H28BN3O3.Pt/c1-40(2,3)26-20-21-42-37(23-26)45-28-17-19-34-30(24-28)41-29-22-25(16-18-33(29)46-35-14-9-15-36(47-34)38(35)41)39-43-31-12-7-8-13-32(31)44(39)27-10-5-4-6-11-27;/h4-21,23H,1-3H3;/q-2;+2. The second-order valence-corrected chi connectivity index (χ2v) is 12.9. The predicted molar refractivity (Wildman–Crippen MR) is 185 cm³/mol. The van der Waals surface area contributed by atoms with Gasteiger partial charge in [-0.25, -0.2) is 4.98 Å². The van der Waals surface area contributed by atoms with E-state index in [-0.39, 0.29) is 33.2 Å². The van der Waals surface area contributed by atoms with Crippen LogP contribution in [-0.4, -0.2) is 21.2 Å². The Hall–Kier alpha value is -5.13. The summed E-state index contributed by atoms with van der Waals surface area (Å²) in [4.78, 5) is 9.58. The first kappa shape index (κ1) is 30.2. The summed E-state index contributed by atoms with van der Waals surface area (Å²) in [5, 5.41) is 0. The zero-order chi connectivity index (χ0) is 31.7. The van der Waals surface area contributed by atoms with E-state index in [9.17, 15) is 0 Å². The molecule has 2 aliphatic heterocycles. The molecule has 0 amide bonds. The number of hydrogen-bond acceptors (Lipinski definition) is 5. The van der Waals surface area contributed by atoms with Crippen molar-refractivity contribution in [1.29, 1.82) is 0 Å². The Balaban J connectivity index is 0.00000336. The Labute approximate surface area is 293 Å². The number of ether oxygens (including phenoxy) is 3. The van der Waals surface area contributed by atoms with Gasteiger partial charge in [0.25, 0.3) is 0 Å². The van der Waals surface area contributed by atoms with Crippen LogP contribution in [0.25, 0.3) is 28.1 Å². The van der Waals surface area contributed by atoms with E-state index in [4.69, 9.17) is 19.2 Å². The second kappa shape index (κ2) is 11.5. The summed E-state index contributed by atoms with van der Waals surface area (Å²) in [5.41, 5.74) is 7.62. The topological polar surface area (TPSA) is 58.4 Å². The van der Waals surface area contributed by atoms with E-state index in [2.05, 4.69) is 60.7 Å². The van der Waals surface area contributed by atoms with Crippen LogP contribution in [0.5, 0.6) is 34.6 Å². The van der Waals surface area contributed by atoms with Crippen molar-refractivity contribution in [2.24, 2.45) is 0 Å². The Bertz CT molecular complexity index is 2340. The van der Waals surface area contributed by atoms with Gasteiger partial charge >= 0.3 is 21.1 Å². The van der Waals surface area contributed by atoms with Crippen LogP contribution in [0, 0.1) is 12.1 Å². The Morgan fingerprint density at radius 1 is 0.729 bits per heavy atom. The van der Waals surface area contributed by atoms with E-state index >= 15 is 0 Å². The molecule has 0 radical (unpaired) electrons. The SMILES string of the molecule is CC(C)(C)c1ccnc(Oc2[c-]c3c(cc2)Oc2cccc4c2B3c2[c-]c(-c3nc5ccccc5n3-c3ccccc3)ccc2O4)c1.[Pt+2]. The molecule has 48 heavy (non-hydrogen) atoms. The maximum Gasteiger partial charge on any atom is 2.00 e. The number of hydrogen-bond donors (Lipinski definition) is 0. The minimum Gasteiger partial charge on any atom is -0.518 e. The van der Waals surface area contributed by atoms with Gasteiger partial charge in [-0.2, -0.15) is 0 Å². The van der Waals surface area contributed by atoms with Crippen LogP contribution in [-0.2, 0) is 26.5 Å². The van der Waals surface area contributed by atoms with Gasteiger partial charge in [-0.1, -0.05) is 57.2 Å². The van der Waals surface area contributed by atoms with Crippen LogP contribution in [0.4, 0.5) is 0 Å². The molecule has 5 aromatic carbocycles. The molecule has 0 atom stereocenters.